The summed E-state index contributed by atoms with van der Waals surface area (Å²) in [5, 5.41) is 2.98. The zero-order valence-electron chi connectivity index (χ0n) is 24.1. The molecule has 1 aromatic rings. The van der Waals surface area contributed by atoms with Crippen molar-refractivity contribution in [2.75, 3.05) is 20.7 Å². The number of nitrogens with one attached hydrogen (secondary N) is 1. The summed E-state index contributed by atoms with van der Waals surface area (Å²) in [5.41, 5.74) is 1.33. The Morgan fingerprint density at radius 3 is 2.41 bits per heavy atom. The highest BCUT2D eigenvalue weighted by Gasteiger charge is 2.42. The Balaban J connectivity index is 1.74. The second kappa shape index (κ2) is 12.0. The number of carbonyl (C=O) groups is 3. The van der Waals surface area contributed by atoms with Crippen LogP contribution < -0.4 is 5.32 Å². The van der Waals surface area contributed by atoms with Crippen molar-refractivity contribution in [1.29, 1.82) is 0 Å². The number of nitrogens with zero attached hydrogens (tertiary/aromatic N) is 2. The molecule has 2 amide bonds. The van der Waals surface area contributed by atoms with Crippen LogP contribution in [-0.4, -0.2) is 72.5 Å². The molecule has 0 radical (unpaired) electrons. The van der Waals surface area contributed by atoms with E-state index in [1.807, 2.05) is 31.7 Å². The fourth-order valence-electron chi connectivity index (χ4n) is 5.94. The fraction of sp³-hybridized carbons (Fsp3) is 0.700. The fourth-order valence-corrected chi connectivity index (χ4v) is 5.94. The molecule has 1 aliphatic heterocycles. The van der Waals surface area contributed by atoms with Gasteiger partial charge in [-0.05, 0) is 88.1 Å². The summed E-state index contributed by atoms with van der Waals surface area (Å²) in [4.78, 5) is 43.6. The van der Waals surface area contributed by atoms with Gasteiger partial charge in [-0.25, -0.2) is 4.79 Å². The van der Waals surface area contributed by atoms with Gasteiger partial charge >= 0.3 is 5.97 Å². The van der Waals surface area contributed by atoms with E-state index in [0.717, 1.165) is 37.7 Å². The van der Waals surface area contributed by atoms with Gasteiger partial charge in [-0.15, -0.1) is 0 Å². The molecule has 1 aliphatic carbocycles. The highest BCUT2D eigenvalue weighted by molar-refractivity contribution is 6.00. The molecule has 206 valence electrons. The first-order valence-corrected chi connectivity index (χ1v) is 13.9. The van der Waals surface area contributed by atoms with E-state index in [-0.39, 0.29) is 23.3 Å². The summed E-state index contributed by atoms with van der Waals surface area (Å²) in [5.74, 6) is -0.308. The molecule has 0 spiro atoms. The maximum absolute atomic E-state index is 13.5. The molecule has 0 bridgehead atoms. The summed E-state index contributed by atoms with van der Waals surface area (Å²) in [7, 11) is 3.54. The second-order valence-electron chi connectivity index (χ2n) is 12.2. The lowest BCUT2D eigenvalue weighted by Gasteiger charge is -2.44. The van der Waals surface area contributed by atoms with Crippen molar-refractivity contribution < 1.29 is 19.1 Å². The molecule has 1 unspecified atom stereocenters. The van der Waals surface area contributed by atoms with E-state index >= 15 is 0 Å². The molecule has 1 saturated carbocycles. The maximum Gasteiger partial charge on any atom is 0.337 e. The highest BCUT2D eigenvalue weighted by Crippen LogP contribution is 2.36. The molecule has 7 nitrogen and oxygen atoms in total. The first kappa shape index (κ1) is 29.2. The van der Waals surface area contributed by atoms with Crippen LogP contribution in [0.1, 0.15) is 106 Å². The number of hydrogen-bond acceptors (Lipinski definition) is 5. The van der Waals surface area contributed by atoms with Gasteiger partial charge in [0.25, 0.3) is 5.91 Å². The Kier molecular flexibility index (Phi) is 9.43. The summed E-state index contributed by atoms with van der Waals surface area (Å²) < 4.78 is 4.90. The van der Waals surface area contributed by atoms with Gasteiger partial charge in [0.1, 0.15) is 6.04 Å². The van der Waals surface area contributed by atoms with Crippen molar-refractivity contribution in [3.63, 3.8) is 0 Å². The van der Waals surface area contributed by atoms with Gasteiger partial charge in [0.05, 0.1) is 12.7 Å². The summed E-state index contributed by atoms with van der Waals surface area (Å²) in [6, 6.07) is 5.90. The van der Waals surface area contributed by atoms with E-state index in [0.29, 0.717) is 42.1 Å². The number of esters is 1. The van der Waals surface area contributed by atoms with Crippen LogP contribution in [0.5, 0.6) is 0 Å². The van der Waals surface area contributed by atoms with Gasteiger partial charge in [0.15, 0.2) is 0 Å². The smallest absolute Gasteiger partial charge is 0.337 e. The molecule has 2 aliphatic rings. The zero-order chi connectivity index (χ0) is 27.5. The van der Waals surface area contributed by atoms with Gasteiger partial charge in [-0.2, -0.15) is 0 Å². The van der Waals surface area contributed by atoms with Crippen molar-refractivity contribution in [2.24, 2.45) is 5.92 Å². The summed E-state index contributed by atoms with van der Waals surface area (Å²) in [6.45, 7) is 13.5. The minimum absolute atomic E-state index is 0.0234. The quantitative estimate of drug-likeness (QED) is 0.506. The van der Waals surface area contributed by atoms with Crippen molar-refractivity contribution in [3.8, 4) is 0 Å². The van der Waals surface area contributed by atoms with E-state index in [1.165, 1.54) is 7.11 Å². The number of carbonyl (C=O) groups excluding carboxylic acids is 3. The molecular formula is C30H47N3O4. The molecular weight excluding hydrogens is 466 g/mol. The number of benzene rings is 1. The van der Waals surface area contributed by atoms with Crippen LogP contribution in [0.25, 0.3) is 0 Å². The van der Waals surface area contributed by atoms with Gasteiger partial charge in [-0.3, -0.25) is 9.59 Å². The number of rotatable bonds is 8. The monoisotopic (exact) mass is 513 g/mol. The molecule has 37 heavy (non-hydrogen) atoms. The van der Waals surface area contributed by atoms with Crippen molar-refractivity contribution >= 4 is 17.8 Å². The molecule has 1 N–H and O–H groups in total. The predicted octanol–water partition coefficient (Wildman–Crippen LogP) is 4.78. The van der Waals surface area contributed by atoms with Gasteiger partial charge in [0.2, 0.25) is 5.91 Å². The Labute approximate surface area is 223 Å². The predicted molar refractivity (Wildman–Crippen MR) is 147 cm³/mol. The molecule has 1 aromatic carbocycles. The van der Waals surface area contributed by atoms with Crippen molar-refractivity contribution in [1.82, 2.24) is 15.1 Å². The van der Waals surface area contributed by atoms with Crippen molar-refractivity contribution in [3.05, 3.63) is 34.9 Å². The largest absolute Gasteiger partial charge is 0.465 e. The van der Waals surface area contributed by atoms with Gasteiger partial charge in [-0.1, -0.05) is 34.1 Å². The molecule has 0 aromatic heterocycles. The normalized spacial score (nSPS) is 24.6. The van der Waals surface area contributed by atoms with Crippen LogP contribution in [0.4, 0.5) is 0 Å². The van der Waals surface area contributed by atoms with E-state index < -0.39 is 12.0 Å². The van der Waals surface area contributed by atoms with Crippen molar-refractivity contribution in [2.45, 2.75) is 110 Å². The number of likely N-dealkylation sites (tertiary alicyclic amines) is 1. The first-order chi connectivity index (χ1) is 17.4. The first-order valence-electron chi connectivity index (χ1n) is 13.9. The molecule has 2 fully saturated rings. The SMILES string of the molecule is CCC[C@@H]1C[C@H](N(C)C(C)C)CC[C@@H]1N1CCC(NC(=O)c2cc(C(=O)OC)cc(C(C)(C)C)c2)C1=O. The van der Waals surface area contributed by atoms with Crippen LogP contribution in [0.15, 0.2) is 18.2 Å². The number of ether oxygens (including phenoxy) is 1. The molecule has 7 heteroatoms. The highest BCUT2D eigenvalue weighted by atomic mass is 16.5. The average Bonchev–Trinajstić information content (AvgIpc) is 3.21. The molecule has 1 heterocycles. The zero-order valence-corrected chi connectivity index (χ0v) is 24.1. The Bertz CT molecular complexity index is 984. The Hall–Kier alpha value is -2.41. The third-order valence-electron chi connectivity index (χ3n) is 8.39. The Morgan fingerprint density at radius 2 is 1.81 bits per heavy atom. The summed E-state index contributed by atoms with van der Waals surface area (Å²) >= 11 is 0. The van der Waals surface area contributed by atoms with Crippen LogP contribution in [-0.2, 0) is 14.9 Å². The third kappa shape index (κ3) is 6.73. The topological polar surface area (TPSA) is 78.9 Å². The molecule has 4 atom stereocenters. The van der Waals surface area contributed by atoms with E-state index in [2.05, 4.69) is 38.0 Å². The second-order valence-corrected chi connectivity index (χ2v) is 12.2. The van der Waals surface area contributed by atoms with Crippen LogP contribution in [0, 0.1) is 5.92 Å². The summed E-state index contributed by atoms with van der Waals surface area (Å²) in [6.07, 6.45) is 6.05. The number of hydrogen-bond donors (Lipinski definition) is 1. The van der Waals surface area contributed by atoms with Crippen LogP contribution in [0.3, 0.4) is 0 Å². The van der Waals surface area contributed by atoms with Gasteiger partial charge < -0.3 is 19.9 Å². The average molecular weight is 514 g/mol. The van der Waals surface area contributed by atoms with E-state index in [9.17, 15) is 14.4 Å². The van der Waals surface area contributed by atoms with Crippen LogP contribution >= 0.6 is 0 Å². The van der Waals surface area contributed by atoms with Crippen LogP contribution in [0.2, 0.25) is 0 Å². The number of methoxy groups -OCH3 is 1. The number of amides is 2. The molecule has 1 saturated heterocycles. The lowest BCUT2D eigenvalue weighted by molar-refractivity contribution is -0.133. The van der Waals surface area contributed by atoms with E-state index in [4.69, 9.17) is 4.74 Å². The van der Waals surface area contributed by atoms with Gasteiger partial charge in [0, 0.05) is 30.2 Å². The maximum atomic E-state index is 13.5. The third-order valence-corrected chi connectivity index (χ3v) is 8.39. The minimum Gasteiger partial charge on any atom is -0.465 e. The molecule has 3 rings (SSSR count). The lowest BCUT2D eigenvalue weighted by atomic mass is 9.77. The lowest BCUT2D eigenvalue weighted by Crippen LogP contribution is -2.51. The standard InChI is InChI=1S/C30H47N3O4/c1-9-10-20-18-24(32(7)19(2)3)11-12-26(20)33-14-13-25(28(33)35)31-27(34)21-15-22(29(36)37-8)17-23(16-21)30(4,5)6/h15-17,19-20,24-26H,9-14,18H2,1-8H3,(H,31,34)/t20-,24-,25?,26+/m1/s1. The minimum atomic E-state index is -0.536. The Morgan fingerprint density at radius 1 is 1.14 bits per heavy atom. The van der Waals surface area contributed by atoms with E-state index in [1.54, 1.807) is 12.1 Å².